The van der Waals surface area contributed by atoms with Gasteiger partial charge in [0, 0.05) is 18.7 Å². The third kappa shape index (κ3) is 4.25. The average molecular weight is 407 g/mol. The summed E-state index contributed by atoms with van der Waals surface area (Å²) in [5.74, 6) is 0.813. The molecule has 4 rings (SSSR count). The largest absolute Gasteiger partial charge is 0.457 e. The van der Waals surface area contributed by atoms with Crippen LogP contribution in [-0.2, 0) is 4.79 Å². The molecular formula is C23H19ClN2O3. The summed E-state index contributed by atoms with van der Waals surface area (Å²) in [5, 5.41) is 3.24. The van der Waals surface area contributed by atoms with Crippen LogP contribution < -0.4 is 15.0 Å². The molecule has 0 radical (unpaired) electrons. The normalized spacial score (nSPS) is 13.4. The van der Waals surface area contributed by atoms with E-state index in [0.717, 1.165) is 12.1 Å². The van der Waals surface area contributed by atoms with Crippen molar-refractivity contribution in [3.05, 3.63) is 83.4 Å². The van der Waals surface area contributed by atoms with Crippen LogP contribution in [0.1, 0.15) is 23.2 Å². The number of carbonyl (C=O) groups excluding carboxylic acids is 2. The number of carbonyl (C=O) groups is 2. The molecule has 3 aromatic rings. The van der Waals surface area contributed by atoms with Crippen molar-refractivity contribution in [3.63, 3.8) is 0 Å². The summed E-state index contributed by atoms with van der Waals surface area (Å²) >= 11 is 6.29. The van der Waals surface area contributed by atoms with Crippen LogP contribution in [0.15, 0.2) is 72.8 Å². The summed E-state index contributed by atoms with van der Waals surface area (Å²) in [5.41, 5.74) is 1.56. The Bertz CT molecular complexity index is 1050. The van der Waals surface area contributed by atoms with Gasteiger partial charge in [0.1, 0.15) is 11.5 Å². The Morgan fingerprint density at radius 2 is 1.76 bits per heavy atom. The maximum absolute atomic E-state index is 12.9. The van der Waals surface area contributed by atoms with Crippen molar-refractivity contribution in [1.29, 1.82) is 0 Å². The second-order valence-electron chi connectivity index (χ2n) is 6.68. The molecule has 1 aliphatic heterocycles. The summed E-state index contributed by atoms with van der Waals surface area (Å²) in [6.45, 7) is 0.668. The van der Waals surface area contributed by atoms with Gasteiger partial charge in [-0.15, -0.1) is 0 Å². The van der Waals surface area contributed by atoms with Gasteiger partial charge in [-0.1, -0.05) is 41.9 Å². The third-order valence-electron chi connectivity index (χ3n) is 4.69. The fourth-order valence-electron chi connectivity index (χ4n) is 3.25. The topological polar surface area (TPSA) is 58.6 Å². The van der Waals surface area contributed by atoms with Crippen molar-refractivity contribution in [1.82, 2.24) is 0 Å². The Morgan fingerprint density at radius 3 is 2.52 bits per heavy atom. The van der Waals surface area contributed by atoms with Crippen LogP contribution in [0.5, 0.6) is 11.5 Å². The molecule has 1 aliphatic rings. The number of nitrogens with zero attached hydrogens (tertiary/aromatic N) is 1. The highest BCUT2D eigenvalue weighted by Crippen LogP contribution is 2.31. The molecule has 29 heavy (non-hydrogen) atoms. The molecule has 0 aliphatic carbocycles. The predicted molar refractivity (Wildman–Crippen MR) is 114 cm³/mol. The minimum Gasteiger partial charge on any atom is -0.457 e. The minimum absolute atomic E-state index is 0.0752. The minimum atomic E-state index is -0.344. The molecule has 1 heterocycles. The lowest BCUT2D eigenvalue weighted by Crippen LogP contribution is -2.23. The van der Waals surface area contributed by atoms with Crippen LogP contribution in [0, 0.1) is 0 Å². The van der Waals surface area contributed by atoms with Crippen LogP contribution in [0.2, 0.25) is 5.02 Å². The fourth-order valence-corrected chi connectivity index (χ4v) is 3.41. The molecule has 0 aromatic heterocycles. The molecule has 0 unspecified atom stereocenters. The third-order valence-corrected chi connectivity index (χ3v) is 5.02. The number of halogens is 1. The zero-order valence-electron chi connectivity index (χ0n) is 15.6. The van der Waals surface area contributed by atoms with Gasteiger partial charge in [-0.2, -0.15) is 0 Å². The SMILES string of the molecule is O=C(Nc1cc(N2CCCC2=O)ccc1Cl)c1ccccc1Oc1ccccc1. The molecule has 0 bridgehead atoms. The molecule has 0 saturated carbocycles. The van der Waals surface area contributed by atoms with E-state index in [9.17, 15) is 9.59 Å². The Labute approximate surface area is 173 Å². The second kappa shape index (κ2) is 8.37. The molecule has 2 amide bonds. The standard InChI is InChI=1S/C23H19ClN2O3/c24-19-13-12-16(26-14-6-11-22(26)27)15-20(19)25-23(28)18-9-4-5-10-21(18)29-17-7-2-1-3-8-17/h1-5,7-10,12-13,15H,6,11,14H2,(H,25,28). The highest BCUT2D eigenvalue weighted by molar-refractivity contribution is 6.34. The Balaban J connectivity index is 1.58. The molecule has 5 nitrogen and oxygen atoms in total. The van der Waals surface area contributed by atoms with Crippen molar-refractivity contribution < 1.29 is 14.3 Å². The van der Waals surface area contributed by atoms with E-state index in [2.05, 4.69) is 5.32 Å². The quantitative estimate of drug-likeness (QED) is 0.607. The summed E-state index contributed by atoms with van der Waals surface area (Å²) in [6.07, 6.45) is 1.36. The molecule has 0 spiro atoms. The number of hydrogen-bond donors (Lipinski definition) is 1. The van der Waals surface area contributed by atoms with Gasteiger partial charge in [0.05, 0.1) is 16.3 Å². The summed E-state index contributed by atoms with van der Waals surface area (Å²) < 4.78 is 5.87. The average Bonchev–Trinajstić information content (AvgIpc) is 3.17. The van der Waals surface area contributed by atoms with Crippen molar-refractivity contribution in [3.8, 4) is 11.5 Å². The van der Waals surface area contributed by atoms with Crippen LogP contribution in [0.25, 0.3) is 0 Å². The van der Waals surface area contributed by atoms with Crippen molar-refractivity contribution in [2.45, 2.75) is 12.8 Å². The number of benzene rings is 3. The van der Waals surface area contributed by atoms with E-state index in [1.807, 2.05) is 36.4 Å². The van der Waals surface area contributed by atoms with E-state index in [1.54, 1.807) is 41.3 Å². The van der Waals surface area contributed by atoms with E-state index >= 15 is 0 Å². The Morgan fingerprint density at radius 1 is 1.00 bits per heavy atom. The van der Waals surface area contributed by atoms with Gasteiger partial charge in [0.2, 0.25) is 5.91 Å². The van der Waals surface area contributed by atoms with Gasteiger partial charge in [-0.25, -0.2) is 0 Å². The number of para-hydroxylation sites is 2. The van der Waals surface area contributed by atoms with E-state index in [0.29, 0.717) is 40.7 Å². The molecule has 3 aromatic carbocycles. The van der Waals surface area contributed by atoms with Gasteiger partial charge in [0.25, 0.3) is 5.91 Å². The maximum atomic E-state index is 12.9. The second-order valence-corrected chi connectivity index (χ2v) is 7.09. The van der Waals surface area contributed by atoms with Gasteiger partial charge in [-0.05, 0) is 48.9 Å². The molecule has 6 heteroatoms. The van der Waals surface area contributed by atoms with Crippen LogP contribution in [0.4, 0.5) is 11.4 Å². The zero-order valence-corrected chi connectivity index (χ0v) is 16.4. The Kier molecular flexibility index (Phi) is 5.49. The molecule has 1 N–H and O–H groups in total. The first kappa shape index (κ1) is 19.0. The maximum Gasteiger partial charge on any atom is 0.259 e. The number of amides is 2. The van der Waals surface area contributed by atoms with Crippen molar-refractivity contribution >= 4 is 34.8 Å². The van der Waals surface area contributed by atoms with E-state index < -0.39 is 0 Å². The molecule has 1 saturated heterocycles. The predicted octanol–water partition coefficient (Wildman–Crippen LogP) is 5.51. The first-order valence-electron chi connectivity index (χ1n) is 9.35. The first-order valence-corrected chi connectivity index (χ1v) is 9.73. The molecular weight excluding hydrogens is 388 g/mol. The fraction of sp³-hybridized carbons (Fsp3) is 0.130. The molecule has 1 fully saturated rings. The van der Waals surface area contributed by atoms with Gasteiger partial charge in [0.15, 0.2) is 0 Å². The lowest BCUT2D eigenvalue weighted by molar-refractivity contribution is -0.117. The molecule has 0 atom stereocenters. The zero-order chi connectivity index (χ0) is 20.2. The number of anilines is 2. The van der Waals surface area contributed by atoms with E-state index in [4.69, 9.17) is 16.3 Å². The van der Waals surface area contributed by atoms with Crippen molar-refractivity contribution in [2.24, 2.45) is 0 Å². The van der Waals surface area contributed by atoms with E-state index in [1.165, 1.54) is 0 Å². The summed E-state index contributed by atoms with van der Waals surface area (Å²) in [4.78, 5) is 26.7. The number of hydrogen-bond acceptors (Lipinski definition) is 3. The summed E-state index contributed by atoms with van der Waals surface area (Å²) in [6, 6.07) is 21.5. The number of rotatable bonds is 5. The lowest BCUT2D eigenvalue weighted by atomic mass is 10.1. The highest BCUT2D eigenvalue weighted by atomic mass is 35.5. The highest BCUT2D eigenvalue weighted by Gasteiger charge is 2.23. The van der Waals surface area contributed by atoms with Crippen molar-refractivity contribution in [2.75, 3.05) is 16.8 Å². The smallest absolute Gasteiger partial charge is 0.259 e. The first-order chi connectivity index (χ1) is 14.1. The van der Waals surface area contributed by atoms with Crippen LogP contribution >= 0.6 is 11.6 Å². The molecule has 146 valence electrons. The summed E-state index contributed by atoms with van der Waals surface area (Å²) in [7, 11) is 0. The van der Waals surface area contributed by atoms with Gasteiger partial charge >= 0.3 is 0 Å². The van der Waals surface area contributed by atoms with Gasteiger partial charge < -0.3 is 15.0 Å². The lowest BCUT2D eigenvalue weighted by Gasteiger charge is -2.18. The monoisotopic (exact) mass is 406 g/mol. The number of nitrogens with one attached hydrogen (secondary N) is 1. The van der Waals surface area contributed by atoms with Gasteiger partial charge in [-0.3, -0.25) is 9.59 Å². The van der Waals surface area contributed by atoms with Crippen LogP contribution in [0.3, 0.4) is 0 Å². The number of ether oxygens (including phenoxy) is 1. The Hall–Kier alpha value is -3.31. The van der Waals surface area contributed by atoms with E-state index in [-0.39, 0.29) is 11.8 Å². The van der Waals surface area contributed by atoms with Crippen LogP contribution in [-0.4, -0.2) is 18.4 Å².